The van der Waals surface area contributed by atoms with E-state index in [9.17, 15) is 14.9 Å². The molecule has 7 nitrogen and oxygen atoms in total. The number of methoxy groups -OCH3 is 1. The van der Waals surface area contributed by atoms with Crippen molar-refractivity contribution in [1.82, 2.24) is 14.7 Å². The van der Waals surface area contributed by atoms with E-state index < -0.39 is 5.91 Å². The fourth-order valence-corrected chi connectivity index (χ4v) is 4.95. The maximum Gasteiger partial charge on any atom is 0.271 e. The van der Waals surface area contributed by atoms with E-state index in [-0.39, 0.29) is 17.5 Å². The molecule has 2 aliphatic rings. The van der Waals surface area contributed by atoms with Crippen LogP contribution in [0.2, 0.25) is 0 Å². The average Bonchev–Trinajstić information content (AvgIpc) is 3.58. The fraction of sp³-hybridized carbons (Fsp3) is 0.241. The molecule has 3 aromatic rings. The Kier molecular flexibility index (Phi) is 6.26. The molecule has 7 heteroatoms. The number of rotatable bonds is 5. The van der Waals surface area contributed by atoms with E-state index in [0.717, 1.165) is 36.9 Å². The Bertz CT molecular complexity index is 1440. The molecule has 180 valence electrons. The lowest BCUT2D eigenvalue weighted by molar-refractivity contribution is -0.143. The van der Waals surface area contributed by atoms with Crippen molar-refractivity contribution >= 4 is 17.9 Å². The number of amides is 2. The first-order chi connectivity index (χ1) is 17.5. The lowest BCUT2D eigenvalue weighted by atomic mass is 9.92. The number of ether oxygens (including phenoxy) is 1. The highest BCUT2D eigenvalue weighted by Crippen LogP contribution is 2.35. The molecule has 5 rings (SSSR count). The molecule has 0 unspecified atom stereocenters. The van der Waals surface area contributed by atoms with Crippen molar-refractivity contribution in [2.45, 2.75) is 38.6 Å². The number of hydrogen-bond acceptors (Lipinski definition) is 5. The van der Waals surface area contributed by atoms with Crippen LogP contribution < -0.4 is 4.74 Å². The highest BCUT2D eigenvalue weighted by atomic mass is 16.5. The molecule has 1 aromatic heterocycles. The first-order valence-corrected chi connectivity index (χ1v) is 12.0. The Morgan fingerprint density at radius 3 is 2.50 bits per heavy atom. The summed E-state index contributed by atoms with van der Waals surface area (Å²) in [6.07, 6.45) is 7.09. The summed E-state index contributed by atoms with van der Waals surface area (Å²) >= 11 is 0. The van der Waals surface area contributed by atoms with Crippen LogP contribution in [-0.4, -0.2) is 39.6 Å². The number of hydrogen-bond donors (Lipinski definition) is 0. The predicted molar refractivity (Wildman–Crippen MR) is 136 cm³/mol. The number of carbonyl (C=O) groups is 2. The van der Waals surface area contributed by atoms with Gasteiger partial charge in [-0.1, -0.05) is 43.2 Å². The third kappa shape index (κ3) is 4.11. The van der Waals surface area contributed by atoms with Gasteiger partial charge >= 0.3 is 0 Å². The first kappa shape index (κ1) is 23.3. The van der Waals surface area contributed by atoms with Crippen molar-refractivity contribution in [3.8, 4) is 28.8 Å². The summed E-state index contributed by atoms with van der Waals surface area (Å²) in [6.45, 7) is 1.67. The van der Waals surface area contributed by atoms with Crippen molar-refractivity contribution < 1.29 is 14.3 Å². The molecule has 36 heavy (non-hydrogen) atoms. The number of nitriles is 1. The van der Waals surface area contributed by atoms with E-state index in [1.54, 1.807) is 24.8 Å². The van der Waals surface area contributed by atoms with Crippen LogP contribution in [0.5, 0.6) is 5.75 Å². The zero-order chi connectivity index (χ0) is 25.2. The zero-order valence-corrected chi connectivity index (χ0v) is 20.3. The second-order valence-corrected chi connectivity index (χ2v) is 9.03. The van der Waals surface area contributed by atoms with Gasteiger partial charge in [-0.15, -0.1) is 0 Å². The van der Waals surface area contributed by atoms with Crippen LogP contribution in [0.4, 0.5) is 0 Å². The largest absolute Gasteiger partial charge is 0.497 e. The monoisotopic (exact) mass is 478 g/mol. The second kappa shape index (κ2) is 9.67. The van der Waals surface area contributed by atoms with Crippen molar-refractivity contribution in [3.05, 3.63) is 83.1 Å². The van der Waals surface area contributed by atoms with E-state index in [2.05, 4.69) is 0 Å². The van der Waals surface area contributed by atoms with Crippen molar-refractivity contribution in [2.75, 3.05) is 7.11 Å². The highest BCUT2D eigenvalue weighted by Gasteiger charge is 2.40. The topological polar surface area (TPSA) is 88.2 Å². The van der Waals surface area contributed by atoms with Crippen LogP contribution in [0.3, 0.4) is 0 Å². The van der Waals surface area contributed by atoms with Gasteiger partial charge in [0.2, 0.25) is 0 Å². The normalized spacial score (nSPS) is 17.7. The van der Waals surface area contributed by atoms with E-state index >= 15 is 0 Å². The van der Waals surface area contributed by atoms with Crippen LogP contribution in [-0.2, 0) is 9.59 Å². The second-order valence-electron chi connectivity index (χ2n) is 9.03. The molecule has 0 saturated heterocycles. The summed E-state index contributed by atoms with van der Waals surface area (Å²) in [6, 6.07) is 19.1. The first-order valence-electron chi connectivity index (χ1n) is 12.0. The van der Waals surface area contributed by atoms with Gasteiger partial charge in [-0.25, -0.2) is 4.68 Å². The van der Waals surface area contributed by atoms with Crippen LogP contribution >= 0.6 is 0 Å². The Morgan fingerprint density at radius 2 is 1.81 bits per heavy atom. The molecule has 0 spiro atoms. The van der Waals surface area contributed by atoms with E-state index in [1.807, 2.05) is 66.9 Å². The minimum atomic E-state index is -0.489. The number of aromatic nitrogens is 2. The van der Waals surface area contributed by atoms with Gasteiger partial charge in [-0.05, 0) is 55.7 Å². The van der Waals surface area contributed by atoms with Crippen molar-refractivity contribution in [2.24, 2.45) is 0 Å². The van der Waals surface area contributed by atoms with E-state index in [0.29, 0.717) is 28.2 Å². The minimum absolute atomic E-state index is 0.0196. The molecule has 1 fully saturated rings. The molecule has 2 aromatic carbocycles. The molecule has 0 atom stereocenters. The third-order valence-corrected chi connectivity index (χ3v) is 6.87. The van der Waals surface area contributed by atoms with Crippen LogP contribution in [0, 0.1) is 11.3 Å². The summed E-state index contributed by atoms with van der Waals surface area (Å²) < 4.78 is 7.17. The number of para-hydroxylation sites is 1. The van der Waals surface area contributed by atoms with Crippen LogP contribution in [0.15, 0.2) is 77.5 Å². The van der Waals surface area contributed by atoms with Gasteiger partial charge in [0, 0.05) is 28.9 Å². The van der Waals surface area contributed by atoms with Gasteiger partial charge in [0.05, 0.1) is 12.8 Å². The molecule has 2 amide bonds. The van der Waals surface area contributed by atoms with E-state index in [4.69, 9.17) is 9.84 Å². The van der Waals surface area contributed by atoms with Gasteiger partial charge in [0.15, 0.2) is 0 Å². The van der Waals surface area contributed by atoms with Gasteiger partial charge in [0.1, 0.15) is 23.1 Å². The summed E-state index contributed by atoms with van der Waals surface area (Å²) in [5.74, 6) is -0.153. The summed E-state index contributed by atoms with van der Waals surface area (Å²) in [4.78, 5) is 28.1. The molecule has 0 N–H and O–H groups in total. The zero-order valence-electron chi connectivity index (χ0n) is 20.3. The lowest BCUT2D eigenvalue weighted by Gasteiger charge is -2.32. The van der Waals surface area contributed by atoms with E-state index in [1.165, 1.54) is 4.90 Å². The molecule has 1 aliphatic carbocycles. The third-order valence-electron chi connectivity index (χ3n) is 6.87. The smallest absolute Gasteiger partial charge is 0.271 e. The fourth-order valence-electron chi connectivity index (χ4n) is 4.95. The molecular weight excluding hydrogens is 452 g/mol. The lowest BCUT2D eigenvalue weighted by Crippen LogP contribution is -2.47. The molecule has 0 radical (unpaired) electrons. The quantitative estimate of drug-likeness (QED) is 0.377. The van der Waals surface area contributed by atoms with Gasteiger partial charge in [-0.2, -0.15) is 10.4 Å². The Hall–Kier alpha value is -4.44. The van der Waals surface area contributed by atoms with Crippen LogP contribution in [0.1, 0.15) is 38.2 Å². The number of benzene rings is 2. The SMILES string of the molecule is COc1cccc(-c2nn(-c3ccccc3)cc2/C=C2/C(=O)N(C3CCCC3)C(=O)C(C#N)=C2C)c1. The Balaban J connectivity index is 1.68. The molecule has 0 bridgehead atoms. The maximum atomic E-state index is 13.7. The van der Waals surface area contributed by atoms with Gasteiger partial charge < -0.3 is 4.74 Å². The molecule has 2 heterocycles. The standard InChI is InChI=1S/C29H26N4O3/c1-19-25(28(34)33(23-12-6-7-13-23)29(35)26(19)17-30)16-21-18-32(22-10-4-3-5-11-22)31-27(21)20-9-8-14-24(15-20)36-2/h3-5,8-11,14-16,18,23H,6-7,12-13H2,1-2H3/b25-16+. The Morgan fingerprint density at radius 1 is 1.06 bits per heavy atom. The van der Waals surface area contributed by atoms with Gasteiger partial charge in [0.25, 0.3) is 11.8 Å². The molecular formula is C29H26N4O3. The average molecular weight is 479 g/mol. The number of nitrogens with zero attached hydrogens (tertiary/aromatic N) is 4. The number of imide groups is 1. The van der Waals surface area contributed by atoms with Gasteiger partial charge in [-0.3, -0.25) is 14.5 Å². The Labute approximate surface area is 209 Å². The summed E-state index contributed by atoms with van der Waals surface area (Å²) in [7, 11) is 1.61. The van der Waals surface area contributed by atoms with Crippen LogP contribution in [0.25, 0.3) is 23.0 Å². The van der Waals surface area contributed by atoms with Crippen molar-refractivity contribution in [1.29, 1.82) is 5.26 Å². The summed E-state index contributed by atoms with van der Waals surface area (Å²) in [5.41, 5.74) is 3.81. The summed E-state index contributed by atoms with van der Waals surface area (Å²) in [5, 5.41) is 14.6. The minimum Gasteiger partial charge on any atom is -0.497 e. The van der Waals surface area contributed by atoms with Crippen molar-refractivity contribution in [3.63, 3.8) is 0 Å². The predicted octanol–water partition coefficient (Wildman–Crippen LogP) is 5.08. The highest BCUT2D eigenvalue weighted by molar-refractivity contribution is 6.20. The number of carbonyl (C=O) groups excluding carboxylic acids is 2. The molecule has 1 saturated carbocycles. The molecule has 1 aliphatic heterocycles. The maximum absolute atomic E-state index is 13.7.